The van der Waals surface area contributed by atoms with Crippen molar-refractivity contribution in [2.45, 2.75) is 74.8 Å². The highest BCUT2D eigenvalue weighted by Crippen LogP contribution is 2.34. The molecular formula is C25H44O. The van der Waals surface area contributed by atoms with Gasteiger partial charge in [-0.2, -0.15) is 0 Å². The van der Waals surface area contributed by atoms with Crippen LogP contribution in [0.5, 0.6) is 0 Å². The minimum absolute atomic E-state index is 0.712. The molecule has 0 saturated carbocycles. The fourth-order valence-corrected chi connectivity index (χ4v) is 1.95. The lowest BCUT2D eigenvalue weighted by Crippen LogP contribution is -2.33. The average molecular weight is 361 g/mol. The third-order valence-electron chi connectivity index (χ3n) is 3.15. The van der Waals surface area contributed by atoms with Crippen LogP contribution in [0.25, 0.3) is 0 Å². The van der Waals surface area contributed by atoms with E-state index in [1.54, 1.807) is 18.2 Å². The highest BCUT2D eigenvalue weighted by Gasteiger charge is 2.33. The van der Waals surface area contributed by atoms with Crippen LogP contribution in [0, 0.1) is 0 Å². The molecule has 0 aliphatic heterocycles. The van der Waals surface area contributed by atoms with Gasteiger partial charge in [-0.3, -0.25) is 0 Å². The maximum atomic E-state index is 11.2. The molecule has 1 nitrogen and oxygen atoms in total. The topological polar surface area (TPSA) is 20.2 Å². The van der Waals surface area contributed by atoms with Crippen LogP contribution in [0.3, 0.4) is 0 Å². The molecule has 0 rings (SSSR count). The number of hydrogen-bond acceptors (Lipinski definition) is 1. The second-order valence-corrected chi connectivity index (χ2v) is 4.52. The van der Waals surface area contributed by atoms with E-state index in [1.165, 1.54) is 0 Å². The molecule has 26 heavy (non-hydrogen) atoms. The Kier molecular flexibility index (Phi) is 28.4. The third kappa shape index (κ3) is 11.7. The van der Waals surface area contributed by atoms with Crippen LogP contribution in [-0.2, 0) is 0 Å². The van der Waals surface area contributed by atoms with E-state index in [4.69, 9.17) is 0 Å². The SMILES string of the molecule is C=C/C=C(\C=C)C(O)(/C(C)=C/C=C\C)/C(C)=C/C=C\C.CC.CC.CC. The van der Waals surface area contributed by atoms with Crippen LogP contribution < -0.4 is 0 Å². The molecule has 0 bridgehead atoms. The number of rotatable bonds is 7. The van der Waals surface area contributed by atoms with Gasteiger partial charge in [0.2, 0.25) is 0 Å². The van der Waals surface area contributed by atoms with Gasteiger partial charge in [0.05, 0.1) is 0 Å². The van der Waals surface area contributed by atoms with Crippen molar-refractivity contribution in [3.63, 3.8) is 0 Å². The summed E-state index contributed by atoms with van der Waals surface area (Å²) in [6.45, 7) is 27.2. The Balaban J connectivity index is -0.000000362. The lowest BCUT2D eigenvalue weighted by atomic mass is 9.79. The molecule has 1 heteroatoms. The Bertz CT molecular complexity index is 454. The predicted octanol–water partition coefficient (Wildman–Crippen LogP) is 8.14. The van der Waals surface area contributed by atoms with Gasteiger partial charge in [0.1, 0.15) is 5.60 Å². The Morgan fingerprint density at radius 1 is 0.731 bits per heavy atom. The zero-order valence-corrected chi connectivity index (χ0v) is 19.1. The summed E-state index contributed by atoms with van der Waals surface area (Å²) < 4.78 is 0. The van der Waals surface area contributed by atoms with E-state index in [9.17, 15) is 5.11 Å². The highest BCUT2D eigenvalue weighted by atomic mass is 16.3. The van der Waals surface area contributed by atoms with E-state index in [0.717, 1.165) is 11.1 Å². The number of allylic oxidation sites excluding steroid dienone is 8. The fraction of sp³-hybridized carbons (Fsp3) is 0.440. The van der Waals surface area contributed by atoms with Gasteiger partial charge in [-0.05, 0) is 44.4 Å². The molecular weight excluding hydrogens is 316 g/mol. The van der Waals surface area contributed by atoms with Crippen molar-refractivity contribution in [2.24, 2.45) is 0 Å². The van der Waals surface area contributed by atoms with Gasteiger partial charge in [-0.15, -0.1) is 0 Å². The molecule has 0 aromatic carbocycles. The van der Waals surface area contributed by atoms with Gasteiger partial charge >= 0.3 is 0 Å². The van der Waals surface area contributed by atoms with Crippen LogP contribution in [0.15, 0.2) is 84.6 Å². The maximum absolute atomic E-state index is 11.2. The number of hydrogen-bond donors (Lipinski definition) is 1. The lowest BCUT2D eigenvalue weighted by molar-refractivity contribution is 0.159. The van der Waals surface area contributed by atoms with Gasteiger partial charge in [-0.1, -0.05) is 109 Å². The van der Waals surface area contributed by atoms with Crippen molar-refractivity contribution in [3.8, 4) is 0 Å². The molecule has 0 heterocycles. The monoisotopic (exact) mass is 360 g/mol. The summed E-state index contributed by atoms with van der Waals surface area (Å²) in [5, 5.41) is 11.2. The quantitative estimate of drug-likeness (QED) is 0.454. The Hall–Kier alpha value is -1.86. The van der Waals surface area contributed by atoms with Gasteiger partial charge < -0.3 is 5.11 Å². The minimum Gasteiger partial charge on any atom is -0.377 e. The summed E-state index contributed by atoms with van der Waals surface area (Å²) in [4.78, 5) is 0. The van der Waals surface area contributed by atoms with E-state index in [0.29, 0.717) is 5.57 Å². The first-order valence-corrected chi connectivity index (χ1v) is 9.77. The van der Waals surface area contributed by atoms with Crippen molar-refractivity contribution in [2.75, 3.05) is 0 Å². The molecule has 0 spiro atoms. The molecule has 150 valence electrons. The molecule has 0 atom stereocenters. The van der Waals surface area contributed by atoms with Crippen LogP contribution in [0.4, 0.5) is 0 Å². The van der Waals surface area contributed by atoms with Crippen molar-refractivity contribution in [3.05, 3.63) is 84.6 Å². The number of aliphatic hydroxyl groups is 1. The summed E-state index contributed by atoms with van der Waals surface area (Å²) in [5.74, 6) is 0. The van der Waals surface area contributed by atoms with Crippen LogP contribution >= 0.6 is 0 Å². The Morgan fingerprint density at radius 2 is 1.08 bits per heavy atom. The maximum Gasteiger partial charge on any atom is 0.132 e. The molecule has 0 aromatic rings. The van der Waals surface area contributed by atoms with Gasteiger partial charge in [0, 0.05) is 0 Å². The van der Waals surface area contributed by atoms with Crippen LogP contribution in [-0.4, -0.2) is 10.7 Å². The van der Waals surface area contributed by atoms with E-state index in [-0.39, 0.29) is 0 Å². The molecule has 0 aliphatic carbocycles. The summed E-state index contributed by atoms with van der Waals surface area (Å²) in [7, 11) is 0. The first kappa shape index (κ1) is 31.9. The van der Waals surface area contributed by atoms with Crippen molar-refractivity contribution in [1.29, 1.82) is 0 Å². The minimum atomic E-state index is -1.17. The zero-order valence-electron chi connectivity index (χ0n) is 19.1. The predicted molar refractivity (Wildman–Crippen MR) is 125 cm³/mol. The van der Waals surface area contributed by atoms with E-state index < -0.39 is 5.60 Å². The molecule has 0 aliphatic rings. The molecule has 1 N–H and O–H groups in total. The van der Waals surface area contributed by atoms with Crippen molar-refractivity contribution < 1.29 is 5.11 Å². The van der Waals surface area contributed by atoms with Crippen LogP contribution in [0.1, 0.15) is 69.2 Å². The standard InChI is InChI=1S/C19H26O.3C2H6/c1-7-11-14-16(5)19(20,17(6)15-12-8-2)18(10-4)13-9-3;3*1-2/h7-15,20H,3-4H2,1-2,5-6H3;3*1-2H3/b11-7-,12-8-,16-14+,17-15+,18-13+;;;. The molecule has 0 amide bonds. The van der Waals surface area contributed by atoms with Gasteiger partial charge in [-0.25, -0.2) is 0 Å². The highest BCUT2D eigenvalue weighted by molar-refractivity contribution is 5.49. The van der Waals surface area contributed by atoms with Crippen LogP contribution in [0.2, 0.25) is 0 Å². The first-order valence-electron chi connectivity index (χ1n) is 9.77. The first-order chi connectivity index (χ1) is 12.5. The summed E-state index contributed by atoms with van der Waals surface area (Å²) in [6, 6.07) is 0. The van der Waals surface area contributed by atoms with E-state index in [2.05, 4.69) is 13.2 Å². The second-order valence-electron chi connectivity index (χ2n) is 4.52. The summed E-state index contributed by atoms with van der Waals surface area (Å²) >= 11 is 0. The van der Waals surface area contributed by atoms with E-state index >= 15 is 0 Å². The van der Waals surface area contributed by atoms with Gasteiger partial charge in [0.15, 0.2) is 0 Å². The molecule has 0 unspecified atom stereocenters. The van der Waals surface area contributed by atoms with Crippen molar-refractivity contribution in [1.82, 2.24) is 0 Å². The lowest BCUT2D eigenvalue weighted by Gasteiger charge is -2.32. The fourth-order valence-electron chi connectivity index (χ4n) is 1.95. The summed E-state index contributed by atoms with van der Waals surface area (Å²) in [5.41, 5.74) is 1.21. The Labute approximate surface area is 164 Å². The Morgan fingerprint density at radius 3 is 1.31 bits per heavy atom. The summed E-state index contributed by atoms with van der Waals surface area (Å²) in [6.07, 6.45) is 16.6. The molecule has 0 aromatic heterocycles. The van der Waals surface area contributed by atoms with Gasteiger partial charge in [0.25, 0.3) is 0 Å². The molecule has 0 saturated heterocycles. The molecule has 0 radical (unpaired) electrons. The molecule has 0 fully saturated rings. The largest absolute Gasteiger partial charge is 0.377 e. The normalized spacial score (nSPS) is 12.3. The van der Waals surface area contributed by atoms with E-state index in [1.807, 2.05) is 106 Å². The average Bonchev–Trinajstić information content (AvgIpc) is 2.72. The smallest absolute Gasteiger partial charge is 0.132 e. The van der Waals surface area contributed by atoms with Crippen molar-refractivity contribution >= 4 is 0 Å². The second kappa shape index (κ2) is 23.1. The third-order valence-corrected chi connectivity index (χ3v) is 3.15. The zero-order chi connectivity index (χ0) is 21.6.